The van der Waals surface area contributed by atoms with Crippen molar-refractivity contribution in [3.8, 4) is 5.75 Å². The van der Waals surface area contributed by atoms with Gasteiger partial charge in [0, 0.05) is 6.07 Å². The summed E-state index contributed by atoms with van der Waals surface area (Å²) in [5, 5.41) is 3.92. The molecule has 5 nitrogen and oxygen atoms in total. The molecule has 0 unspecified atom stereocenters. The molecule has 0 N–H and O–H groups in total. The molecule has 3 rings (SSSR count). The van der Waals surface area contributed by atoms with Crippen LogP contribution in [0.2, 0.25) is 0 Å². The van der Waals surface area contributed by atoms with Gasteiger partial charge >= 0.3 is 0 Å². The fourth-order valence-electron chi connectivity index (χ4n) is 1.78. The monoisotopic (exact) mass is 285 g/mol. The van der Waals surface area contributed by atoms with Gasteiger partial charge in [-0.1, -0.05) is 29.5 Å². The first kappa shape index (κ1) is 12.6. The van der Waals surface area contributed by atoms with Gasteiger partial charge in [-0.3, -0.25) is 4.79 Å². The van der Waals surface area contributed by atoms with E-state index in [0.717, 1.165) is 11.3 Å². The topological polar surface area (TPSA) is 56.5 Å². The summed E-state index contributed by atoms with van der Waals surface area (Å²) in [5.41, 5.74) is 3.01. The van der Waals surface area contributed by atoms with Crippen molar-refractivity contribution in [1.82, 2.24) is 14.6 Å². The predicted molar refractivity (Wildman–Crippen MR) is 79.1 cm³/mol. The lowest BCUT2D eigenvalue weighted by atomic mass is 10.2. The van der Waals surface area contributed by atoms with Crippen molar-refractivity contribution in [2.24, 2.45) is 0 Å². The Morgan fingerprint density at radius 3 is 3.05 bits per heavy atom. The zero-order valence-corrected chi connectivity index (χ0v) is 11.5. The summed E-state index contributed by atoms with van der Waals surface area (Å²) >= 11 is 1.33. The second kappa shape index (κ2) is 5.26. The molecule has 100 valence electrons. The minimum atomic E-state index is -0.179. The van der Waals surface area contributed by atoms with E-state index >= 15 is 0 Å². The molecule has 0 aliphatic rings. The largest absolute Gasteiger partial charge is 0.497 e. The maximum Gasteiger partial charge on any atom is 0.275 e. The molecule has 3 aromatic rings. The van der Waals surface area contributed by atoms with Gasteiger partial charge in [0.2, 0.25) is 4.96 Å². The summed E-state index contributed by atoms with van der Waals surface area (Å²) in [6.45, 7) is 0. The van der Waals surface area contributed by atoms with Crippen LogP contribution in [0.25, 0.3) is 17.1 Å². The smallest absolute Gasteiger partial charge is 0.275 e. The fourth-order valence-corrected chi connectivity index (χ4v) is 2.42. The van der Waals surface area contributed by atoms with E-state index in [1.54, 1.807) is 18.7 Å². The van der Waals surface area contributed by atoms with E-state index in [9.17, 15) is 4.79 Å². The molecule has 2 heterocycles. The number of aromatic nitrogens is 3. The van der Waals surface area contributed by atoms with Crippen molar-refractivity contribution < 1.29 is 4.74 Å². The number of rotatable bonds is 3. The van der Waals surface area contributed by atoms with Crippen molar-refractivity contribution >= 4 is 28.4 Å². The van der Waals surface area contributed by atoms with E-state index in [0.29, 0.717) is 10.7 Å². The number of benzene rings is 1. The number of fused-ring (bicyclic) bond motifs is 1. The van der Waals surface area contributed by atoms with E-state index in [1.807, 2.05) is 30.3 Å². The lowest BCUT2D eigenvalue weighted by Crippen LogP contribution is -2.13. The van der Waals surface area contributed by atoms with E-state index in [1.165, 1.54) is 21.9 Å². The van der Waals surface area contributed by atoms with Crippen LogP contribution in [0.15, 0.2) is 40.6 Å². The molecule has 0 bridgehead atoms. The maximum atomic E-state index is 11.8. The van der Waals surface area contributed by atoms with Crippen molar-refractivity contribution in [3.05, 3.63) is 57.5 Å². The second-order valence-corrected chi connectivity index (χ2v) is 4.87. The molecule has 0 amide bonds. The van der Waals surface area contributed by atoms with Gasteiger partial charge in [-0.25, -0.2) is 4.98 Å². The average Bonchev–Trinajstić information content (AvgIpc) is 2.94. The molecule has 1 aromatic carbocycles. The lowest BCUT2D eigenvalue weighted by molar-refractivity contribution is 0.414. The SMILES string of the molecule is COc1cccc(C=Cc2cc(=O)n3ncsc3n2)c1. The van der Waals surface area contributed by atoms with Gasteiger partial charge in [0.25, 0.3) is 5.56 Å². The van der Waals surface area contributed by atoms with Crippen LogP contribution in [0.3, 0.4) is 0 Å². The molecular formula is C14H11N3O2S. The van der Waals surface area contributed by atoms with Gasteiger partial charge < -0.3 is 4.74 Å². The first-order valence-corrected chi connectivity index (χ1v) is 6.80. The Bertz CT molecular complexity index is 836. The molecular weight excluding hydrogens is 274 g/mol. The third-order valence-electron chi connectivity index (χ3n) is 2.75. The van der Waals surface area contributed by atoms with Crippen molar-refractivity contribution in [1.29, 1.82) is 0 Å². The Morgan fingerprint density at radius 2 is 2.20 bits per heavy atom. The van der Waals surface area contributed by atoms with Gasteiger partial charge in [0.05, 0.1) is 12.8 Å². The summed E-state index contributed by atoms with van der Waals surface area (Å²) in [7, 11) is 1.63. The van der Waals surface area contributed by atoms with Gasteiger partial charge in [-0.15, -0.1) is 0 Å². The molecule has 0 aliphatic carbocycles. The van der Waals surface area contributed by atoms with Gasteiger partial charge in [0.1, 0.15) is 11.3 Å². The highest BCUT2D eigenvalue weighted by atomic mass is 32.1. The molecule has 6 heteroatoms. The molecule has 0 spiro atoms. The number of nitrogens with zero attached hydrogens (tertiary/aromatic N) is 3. The molecule has 0 radical (unpaired) electrons. The Balaban J connectivity index is 1.95. The maximum absolute atomic E-state index is 11.8. The van der Waals surface area contributed by atoms with Crippen LogP contribution in [-0.4, -0.2) is 21.7 Å². The Labute approximate surface area is 118 Å². The van der Waals surface area contributed by atoms with E-state index in [-0.39, 0.29) is 5.56 Å². The van der Waals surface area contributed by atoms with Crippen LogP contribution in [0.4, 0.5) is 0 Å². The third-order valence-corrected chi connectivity index (χ3v) is 3.42. The molecule has 20 heavy (non-hydrogen) atoms. The zero-order chi connectivity index (χ0) is 13.9. The summed E-state index contributed by atoms with van der Waals surface area (Å²) in [5.74, 6) is 0.790. The van der Waals surface area contributed by atoms with E-state index in [4.69, 9.17) is 4.74 Å². The summed E-state index contributed by atoms with van der Waals surface area (Å²) in [4.78, 5) is 16.7. The first-order valence-electron chi connectivity index (χ1n) is 5.92. The number of ether oxygens (including phenoxy) is 1. The minimum absolute atomic E-state index is 0.179. The molecule has 0 atom stereocenters. The molecule has 2 aromatic heterocycles. The fraction of sp³-hybridized carbons (Fsp3) is 0.0714. The van der Waals surface area contributed by atoms with Crippen LogP contribution in [0.1, 0.15) is 11.3 Å². The van der Waals surface area contributed by atoms with Crippen LogP contribution in [0.5, 0.6) is 5.75 Å². The van der Waals surface area contributed by atoms with E-state index in [2.05, 4.69) is 10.1 Å². The molecule has 0 aliphatic heterocycles. The Morgan fingerprint density at radius 1 is 1.30 bits per heavy atom. The Kier molecular flexibility index (Phi) is 3.30. The van der Waals surface area contributed by atoms with Gasteiger partial charge in [-0.2, -0.15) is 9.61 Å². The molecule has 0 saturated heterocycles. The second-order valence-electron chi connectivity index (χ2n) is 4.06. The van der Waals surface area contributed by atoms with Crippen molar-refractivity contribution in [2.75, 3.05) is 7.11 Å². The van der Waals surface area contributed by atoms with Crippen LogP contribution in [-0.2, 0) is 0 Å². The quantitative estimate of drug-likeness (QED) is 0.741. The highest BCUT2D eigenvalue weighted by Crippen LogP contribution is 2.15. The number of hydrogen-bond donors (Lipinski definition) is 0. The lowest BCUT2D eigenvalue weighted by Gasteiger charge is -2.00. The summed E-state index contributed by atoms with van der Waals surface area (Å²) in [6, 6.07) is 9.12. The van der Waals surface area contributed by atoms with Crippen LogP contribution < -0.4 is 10.3 Å². The third kappa shape index (κ3) is 2.46. The Hall–Kier alpha value is -2.47. The normalized spacial score (nSPS) is 11.2. The minimum Gasteiger partial charge on any atom is -0.497 e. The highest BCUT2D eigenvalue weighted by Gasteiger charge is 2.01. The number of hydrogen-bond acceptors (Lipinski definition) is 5. The zero-order valence-electron chi connectivity index (χ0n) is 10.7. The van der Waals surface area contributed by atoms with Crippen LogP contribution >= 0.6 is 11.3 Å². The molecule has 0 saturated carbocycles. The summed E-state index contributed by atoms with van der Waals surface area (Å²) in [6.07, 6.45) is 3.69. The van der Waals surface area contributed by atoms with Crippen LogP contribution in [0, 0.1) is 0 Å². The van der Waals surface area contributed by atoms with E-state index < -0.39 is 0 Å². The number of methoxy groups -OCH3 is 1. The van der Waals surface area contributed by atoms with Gasteiger partial charge in [0.15, 0.2) is 0 Å². The highest BCUT2D eigenvalue weighted by molar-refractivity contribution is 7.14. The molecule has 0 fully saturated rings. The van der Waals surface area contributed by atoms with Gasteiger partial charge in [-0.05, 0) is 23.8 Å². The summed E-state index contributed by atoms with van der Waals surface area (Å²) < 4.78 is 6.45. The van der Waals surface area contributed by atoms with Crippen molar-refractivity contribution in [3.63, 3.8) is 0 Å². The average molecular weight is 285 g/mol. The van der Waals surface area contributed by atoms with Crippen molar-refractivity contribution in [2.45, 2.75) is 0 Å². The predicted octanol–water partition coefficient (Wildman–Crippen LogP) is 2.33. The first-order chi connectivity index (χ1) is 9.76. The standard InChI is InChI=1S/C14H11N3O2S/c1-19-12-4-2-3-10(7-12)5-6-11-8-13(18)17-14(16-11)20-9-15-17/h2-9H,1H3.